The third-order valence-electron chi connectivity index (χ3n) is 2.68. The smallest absolute Gasteiger partial charge is 0.203 e. The highest BCUT2D eigenvalue weighted by atomic mass is 32.1. The lowest BCUT2D eigenvalue weighted by Crippen LogP contribution is -1.97. The van der Waals surface area contributed by atoms with E-state index < -0.39 is 0 Å². The number of ketones is 1. The molecule has 0 fully saturated rings. The van der Waals surface area contributed by atoms with Crippen molar-refractivity contribution >= 4 is 37.9 Å². The van der Waals surface area contributed by atoms with Gasteiger partial charge in [-0.05, 0) is 24.4 Å². The zero-order valence-electron chi connectivity index (χ0n) is 9.27. The average molecular weight is 258 g/mol. The summed E-state index contributed by atoms with van der Waals surface area (Å²) in [6, 6.07) is 11.8. The van der Waals surface area contributed by atoms with Gasteiger partial charge in [-0.2, -0.15) is 0 Å². The molecule has 0 saturated carbocycles. The summed E-state index contributed by atoms with van der Waals surface area (Å²) in [5.41, 5.74) is 1.94. The van der Waals surface area contributed by atoms with Gasteiger partial charge >= 0.3 is 0 Å². The minimum atomic E-state index is 0.124. The highest BCUT2D eigenvalue weighted by Gasteiger charge is 2.12. The fourth-order valence-electron chi connectivity index (χ4n) is 1.72. The van der Waals surface area contributed by atoms with Gasteiger partial charge in [0.25, 0.3) is 0 Å². The van der Waals surface area contributed by atoms with Crippen LogP contribution in [0.2, 0.25) is 0 Å². The molecule has 0 bridgehead atoms. The van der Waals surface area contributed by atoms with E-state index >= 15 is 0 Å². The predicted octanol–water partition coefficient (Wildman–Crippen LogP) is 4.50. The zero-order valence-corrected chi connectivity index (χ0v) is 10.9. The van der Waals surface area contributed by atoms with E-state index in [1.165, 1.54) is 15.0 Å². The molecule has 17 heavy (non-hydrogen) atoms. The minimum Gasteiger partial charge on any atom is -0.288 e. The van der Waals surface area contributed by atoms with Crippen molar-refractivity contribution in [3.05, 3.63) is 57.8 Å². The Morgan fingerprint density at radius 3 is 2.53 bits per heavy atom. The Bertz CT molecular complexity index is 645. The molecule has 0 amide bonds. The number of thiophene rings is 2. The maximum Gasteiger partial charge on any atom is 0.203 e. The van der Waals surface area contributed by atoms with Crippen LogP contribution < -0.4 is 0 Å². The molecule has 0 saturated heterocycles. The molecule has 1 nitrogen and oxygen atoms in total. The Hall–Kier alpha value is -1.45. The molecule has 2 heterocycles. The van der Waals surface area contributed by atoms with Gasteiger partial charge in [0.2, 0.25) is 5.78 Å². The van der Waals surface area contributed by atoms with Gasteiger partial charge in [-0.25, -0.2) is 0 Å². The lowest BCUT2D eigenvalue weighted by Gasteiger charge is -1.98. The molecule has 0 aliphatic heterocycles. The summed E-state index contributed by atoms with van der Waals surface area (Å²) in [5.74, 6) is 0.124. The molecule has 0 N–H and O–H groups in total. The maximum atomic E-state index is 12.2. The second kappa shape index (κ2) is 4.09. The van der Waals surface area contributed by atoms with Crippen LogP contribution in [0.15, 0.2) is 41.8 Å². The van der Waals surface area contributed by atoms with Crippen molar-refractivity contribution in [2.75, 3.05) is 0 Å². The molecule has 84 valence electrons. The van der Waals surface area contributed by atoms with Crippen molar-refractivity contribution in [1.82, 2.24) is 0 Å². The molecule has 3 heteroatoms. The standard InChI is InChI=1S/C14H10OS2/c1-9-2-4-10(5-3-9)14(15)13-8-12-11(17-13)6-7-16-12/h2-8H,1H3. The number of aryl methyl sites for hydroxylation is 1. The summed E-state index contributed by atoms with van der Waals surface area (Å²) in [7, 11) is 0. The number of fused-ring (bicyclic) bond motifs is 1. The van der Waals surface area contributed by atoms with Crippen LogP contribution in [0, 0.1) is 6.92 Å². The summed E-state index contributed by atoms with van der Waals surface area (Å²) in [6.45, 7) is 2.02. The zero-order chi connectivity index (χ0) is 11.8. The molecule has 0 atom stereocenters. The highest BCUT2D eigenvalue weighted by Crippen LogP contribution is 2.31. The first kappa shape index (κ1) is 10.7. The number of rotatable bonds is 2. The number of carbonyl (C=O) groups excluding carboxylic acids is 1. The Labute approximate surface area is 107 Å². The Balaban J connectivity index is 2.01. The number of carbonyl (C=O) groups is 1. The third kappa shape index (κ3) is 1.92. The molecule has 0 radical (unpaired) electrons. The van der Waals surface area contributed by atoms with E-state index in [0.717, 1.165) is 10.4 Å². The van der Waals surface area contributed by atoms with Crippen LogP contribution in [-0.2, 0) is 0 Å². The number of hydrogen-bond donors (Lipinski definition) is 0. The Morgan fingerprint density at radius 1 is 1.06 bits per heavy atom. The summed E-state index contributed by atoms with van der Waals surface area (Å²) >= 11 is 3.25. The molecule has 0 unspecified atom stereocenters. The van der Waals surface area contributed by atoms with Crippen LogP contribution >= 0.6 is 22.7 Å². The minimum absolute atomic E-state index is 0.124. The fraction of sp³-hybridized carbons (Fsp3) is 0.0714. The monoisotopic (exact) mass is 258 g/mol. The first-order valence-electron chi connectivity index (χ1n) is 5.32. The van der Waals surface area contributed by atoms with E-state index in [2.05, 4.69) is 11.4 Å². The van der Waals surface area contributed by atoms with Gasteiger partial charge in [0, 0.05) is 15.0 Å². The molecule has 2 aromatic heterocycles. The van der Waals surface area contributed by atoms with Crippen LogP contribution in [-0.4, -0.2) is 5.78 Å². The molecular weight excluding hydrogens is 248 g/mol. The SMILES string of the molecule is Cc1ccc(C(=O)c2cc3sccc3s2)cc1. The molecule has 0 aliphatic rings. The van der Waals surface area contributed by atoms with Crippen molar-refractivity contribution in [2.45, 2.75) is 6.92 Å². The van der Waals surface area contributed by atoms with Crippen molar-refractivity contribution in [3.8, 4) is 0 Å². The van der Waals surface area contributed by atoms with Crippen LogP contribution in [0.1, 0.15) is 20.8 Å². The molecule has 0 spiro atoms. The van der Waals surface area contributed by atoms with Gasteiger partial charge in [0.05, 0.1) is 4.88 Å². The summed E-state index contributed by atoms with van der Waals surface area (Å²) in [5, 5.41) is 2.06. The van der Waals surface area contributed by atoms with E-state index in [1.807, 2.05) is 37.3 Å². The van der Waals surface area contributed by atoms with Crippen molar-refractivity contribution in [2.24, 2.45) is 0 Å². The largest absolute Gasteiger partial charge is 0.288 e. The number of benzene rings is 1. The third-order valence-corrected chi connectivity index (χ3v) is 4.77. The summed E-state index contributed by atoms with van der Waals surface area (Å²) in [6.07, 6.45) is 0. The maximum absolute atomic E-state index is 12.2. The van der Waals surface area contributed by atoms with Crippen LogP contribution in [0.5, 0.6) is 0 Å². The van der Waals surface area contributed by atoms with E-state index in [-0.39, 0.29) is 5.78 Å². The Morgan fingerprint density at radius 2 is 1.82 bits per heavy atom. The molecule has 0 aliphatic carbocycles. The molecular formula is C14H10OS2. The first-order valence-corrected chi connectivity index (χ1v) is 7.02. The molecule has 3 aromatic rings. The summed E-state index contributed by atoms with van der Waals surface area (Å²) < 4.78 is 2.40. The van der Waals surface area contributed by atoms with Gasteiger partial charge in [0.1, 0.15) is 0 Å². The van der Waals surface area contributed by atoms with E-state index in [0.29, 0.717) is 0 Å². The second-order valence-corrected chi connectivity index (χ2v) is 5.99. The molecule has 1 aromatic carbocycles. The van der Waals surface area contributed by atoms with Crippen LogP contribution in [0.4, 0.5) is 0 Å². The van der Waals surface area contributed by atoms with Gasteiger partial charge in [0.15, 0.2) is 0 Å². The van der Waals surface area contributed by atoms with E-state index in [1.54, 1.807) is 22.7 Å². The lowest BCUT2D eigenvalue weighted by atomic mass is 10.1. The van der Waals surface area contributed by atoms with Crippen LogP contribution in [0.3, 0.4) is 0 Å². The second-order valence-electron chi connectivity index (χ2n) is 3.95. The summed E-state index contributed by atoms with van der Waals surface area (Å²) in [4.78, 5) is 13.1. The van der Waals surface area contributed by atoms with Crippen molar-refractivity contribution in [1.29, 1.82) is 0 Å². The van der Waals surface area contributed by atoms with E-state index in [9.17, 15) is 4.79 Å². The highest BCUT2D eigenvalue weighted by molar-refractivity contribution is 7.28. The van der Waals surface area contributed by atoms with Crippen LogP contribution in [0.25, 0.3) is 9.40 Å². The first-order chi connectivity index (χ1) is 8.24. The van der Waals surface area contributed by atoms with Gasteiger partial charge in [-0.15, -0.1) is 22.7 Å². The van der Waals surface area contributed by atoms with Crippen molar-refractivity contribution < 1.29 is 4.79 Å². The normalized spacial score (nSPS) is 10.9. The van der Waals surface area contributed by atoms with Gasteiger partial charge < -0.3 is 0 Å². The Kier molecular flexibility index (Phi) is 2.57. The van der Waals surface area contributed by atoms with Crippen molar-refractivity contribution in [3.63, 3.8) is 0 Å². The quantitative estimate of drug-likeness (QED) is 0.618. The topological polar surface area (TPSA) is 17.1 Å². The average Bonchev–Trinajstić information content (AvgIpc) is 2.89. The van der Waals surface area contributed by atoms with Gasteiger partial charge in [-0.1, -0.05) is 29.8 Å². The predicted molar refractivity (Wildman–Crippen MR) is 74.3 cm³/mol. The lowest BCUT2D eigenvalue weighted by molar-refractivity contribution is 0.104. The fourth-order valence-corrected chi connectivity index (χ4v) is 3.80. The molecule has 3 rings (SSSR count). The van der Waals surface area contributed by atoms with Gasteiger partial charge in [-0.3, -0.25) is 4.79 Å². The number of hydrogen-bond acceptors (Lipinski definition) is 3. The van der Waals surface area contributed by atoms with E-state index in [4.69, 9.17) is 0 Å².